The monoisotopic (exact) mass is 364 g/mol. The lowest BCUT2D eigenvalue weighted by Crippen LogP contribution is -2.28. The van der Waals surface area contributed by atoms with Crippen LogP contribution in [0.2, 0.25) is 5.02 Å². The van der Waals surface area contributed by atoms with Crippen molar-refractivity contribution in [3.63, 3.8) is 0 Å². The van der Waals surface area contributed by atoms with Crippen molar-refractivity contribution in [3.8, 4) is 11.5 Å². The number of fused-ring (bicyclic) bond motifs is 2. The number of amides is 1. The van der Waals surface area contributed by atoms with E-state index in [4.69, 9.17) is 16.3 Å². The number of para-hydroxylation sites is 2. The number of carbonyl (C=O) groups is 1. The molecule has 1 aliphatic rings. The first-order chi connectivity index (χ1) is 12.5. The minimum atomic E-state index is -0.130. The molecular weight excluding hydrogens is 348 g/mol. The molecular formula is C21H17ClN2O2. The Morgan fingerprint density at radius 3 is 2.35 bits per heavy atom. The second-order valence-electron chi connectivity index (χ2n) is 6.26. The summed E-state index contributed by atoms with van der Waals surface area (Å²) < 4.78 is 5.94. The van der Waals surface area contributed by atoms with E-state index in [0.717, 1.165) is 5.69 Å². The smallest absolute Gasteiger partial charge is 0.263 e. The van der Waals surface area contributed by atoms with Gasteiger partial charge in [0, 0.05) is 30.4 Å². The van der Waals surface area contributed by atoms with E-state index in [1.165, 1.54) is 0 Å². The van der Waals surface area contributed by atoms with Gasteiger partial charge in [0.15, 0.2) is 11.5 Å². The maximum atomic E-state index is 13.3. The molecule has 0 bridgehead atoms. The number of benzene rings is 3. The van der Waals surface area contributed by atoms with Crippen molar-refractivity contribution in [2.45, 2.75) is 0 Å². The first-order valence-corrected chi connectivity index (χ1v) is 8.60. The van der Waals surface area contributed by atoms with Crippen LogP contribution in [0, 0.1) is 0 Å². The number of ether oxygens (including phenoxy) is 1. The molecule has 3 aromatic rings. The number of hydrogen-bond acceptors (Lipinski definition) is 3. The van der Waals surface area contributed by atoms with Crippen molar-refractivity contribution in [1.29, 1.82) is 0 Å². The molecule has 1 aliphatic heterocycles. The third-order valence-corrected chi connectivity index (χ3v) is 4.56. The Morgan fingerprint density at radius 1 is 0.923 bits per heavy atom. The van der Waals surface area contributed by atoms with Crippen LogP contribution < -0.4 is 14.5 Å². The summed E-state index contributed by atoms with van der Waals surface area (Å²) in [4.78, 5) is 17.0. The van der Waals surface area contributed by atoms with Crippen molar-refractivity contribution in [2.24, 2.45) is 0 Å². The van der Waals surface area contributed by atoms with Gasteiger partial charge in [0.25, 0.3) is 5.91 Å². The lowest BCUT2D eigenvalue weighted by molar-refractivity contribution is 0.0997. The van der Waals surface area contributed by atoms with Gasteiger partial charge in [-0.15, -0.1) is 0 Å². The minimum Gasteiger partial charge on any atom is -0.453 e. The summed E-state index contributed by atoms with van der Waals surface area (Å²) in [6.07, 6.45) is 0. The Hall–Kier alpha value is -2.98. The largest absolute Gasteiger partial charge is 0.453 e. The summed E-state index contributed by atoms with van der Waals surface area (Å²) in [5.74, 6) is 1.11. The zero-order valence-electron chi connectivity index (χ0n) is 14.4. The van der Waals surface area contributed by atoms with E-state index >= 15 is 0 Å². The standard InChI is InChI=1S/C21H17ClN2O2/c1-23(2)16-10-7-14(8-11-16)21(25)24-17-5-3-4-6-19(17)26-20-12-9-15(22)13-18(20)24/h3-13H,1-2H3. The van der Waals surface area contributed by atoms with Crippen LogP contribution >= 0.6 is 11.6 Å². The molecule has 5 heteroatoms. The number of rotatable bonds is 2. The second kappa shape index (κ2) is 6.39. The number of nitrogens with zero attached hydrogens (tertiary/aromatic N) is 2. The van der Waals surface area contributed by atoms with Gasteiger partial charge in [-0.2, -0.15) is 0 Å². The first-order valence-electron chi connectivity index (χ1n) is 8.23. The second-order valence-corrected chi connectivity index (χ2v) is 6.70. The number of anilines is 3. The fraction of sp³-hybridized carbons (Fsp3) is 0.0952. The van der Waals surface area contributed by atoms with Gasteiger partial charge < -0.3 is 9.64 Å². The predicted molar refractivity (Wildman–Crippen MR) is 105 cm³/mol. The zero-order valence-corrected chi connectivity index (χ0v) is 15.2. The summed E-state index contributed by atoms with van der Waals surface area (Å²) in [5, 5.41) is 0.549. The molecule has 4 rings (SSSR count). The third kappa shape index (κ3) is 2.78. The van der Waals surface area contributed by atoms with Crippen LogP contribution in [0.5, 0.6) is 11.5 Å². The Labute approximate surface area is 157 Å². The molecule has 1 amide bonds. The van der Waals surface area contributed by atoms with Crippen LogP contribution in [-0.4, -0.2) is 20.0 Å². The number of halogens is 1. The average molecular weight is 365 g/mol. The zero-order chi connectivity index (χ0) is 18.3. The van der Waals surface area contributed by atoms with Crippen LogP contribution in [-0.2, 0) is 0 Å². The molecule has 3 aromatic carbocycles. The Balaban J connectivity index is 1.82. The normalized spacial score (nSPS) is 12.0. The maximum absolute atomic E-state index is 13.3. The highest BCUT2D eigenvalue weighted by atomic mass is 35.5. The Morgan fingerprint density at radius 2 is 1.62 bits per heavy atom. The summed E-state index contributed by atoms with van der Waals surface area (Å²) in [6.45, 7) is 0. The SMILES string of the molecule is CN(C)c1ccc(C(=O)N2c3ccccc3Oc3ccc(Cl)cc32)cc1. The first kappa shape index (κ1) is 16.5. The molecule has 26 heavy (non-hydrogen) atoms. The molecule has 0 saturated carbocycles. The fourth-order valence-electron chi connectivity index (χ4n) is 2.98. The van der Waals surface area contributed by atoms with Crippen LogP contribution in [0.1, 0.15) is 10.4 Å². The van der Waals surface area contributed by atoms with Gasteiger partial charge in [-0.1, -0.05) is 23.7 Å². The topological polar surface area (TPSA) is 32.8 Å². The minimum absolute atomic E-state index is 0.130. The van der Waals surface area contributed by atoms with Crippen LogP contribution in [0.15, 0.2) is 66.7 Å². The van der Waals surface area contributed by atoms with E-state index < -0.39 is 0 Å². The molecule has 0 aliphatic carbocycles. The summed E-state index contributed by atoms with van der Waals surface area (Å²) >= 11 is 6.18. The van der Waals surface area contributed by atoms with Crippen LogP contribution in [0.25, 0.3) is 0 Å². The fourth-order valence-corrected chi connectivity index (χ4v) is 3.14. The van der Waals surface area contributed by atoms with Gasteiger partial charge in [0.05, 0.1) is 11.4 Å². The molecule has 0 radical (unpaired) electrons. The Bertz CT molecular complexity index is 984. The van der Waals surface area contributed by atoms with Gasteiger partial charge in [0.1, 0.15) is 0 Å². The van der Waals surface area contributed by atoms with E-state index in [1.54, 1.807) is 23.1 Å². The maximum Gasteiger partial charge on any atom is 0.263 e. The highest BCUT2D eigenvalue weighted by Gasteiger charge is 2.30. The molecule has 0 unspecified atom stereocenters. The van der Waals surface area contributed by atoms with E-state index in [0.29, 0.717) is 33.5 Å². The van der Waals surface area contributed by atoms with Crippen molar-refractivity contribution in [1.82, 2.24) is 0 Å². The Kier molecular flexibility index (Phi) is 4.05. The number of carbonyl (C=O) groups excluding carboxylic acids is 1. The van der Waals surface area contributed by atoms with Crippen molar-refractivity contribution >= 4 is 34.6 Å². The van der Waals surface area contributed by atoms with Crippen molar-refractivity contribution in [2.75, 3.05) is 23.9 Å². The van der Waals surface area contributed by atoms with Crippen LogP contribution in [0.4, 0.5) is 17.1 Å². The highest BCUT2D eigenvalue weighted by Crippen LogP contribution is 2.47. The molecule has 0 fully saturated rings. The molecule has 0 aromatic heterocycles. The molecule has 130 valence electrons. The van der Waals surface area contributed by atoms with Gasteiger partial charge >= 0.3 is 0 Å². The third-order valence-electron chi connectivity index (χ3n) is 4.32. The molecule has 4 nitrogen and oxygen atoms in total. The quantitative estimate of drug-likeness (QED) is 0.602. The van der Waals surface area contributed by atoms with Gasteiger partial charge in [-0.25, -0.2) is 0 Å². The molecule has 0 atom stereocenters. The lowest BCUT2D eigenvalue weighted by Gasteiger charge is -2.31. The van der Waals surface area contributed by atoms with Crippen molar-refractivity contribution in [3.05, 3.63) is 77.3 Å². The molecule has 0 N–H and O–H groups in total. The van der Waals surface area contributed by atoms with E-state index in [2.05, 4.69) is 0 Å². The summed E-state index contributed by atoms with van der Waals surface area (Å²) in [5.41, 5.74) is 2.97. The molecule has 1 heterocycles. The van der Waals surface area contributed by atoms with Gasteiger partial charge in [-0.05, 0) is 54.6 Å². The predicted octanol–water partition coefficient (Wildman–Crippen LogP) is 5.49. The highest BCUT2D eigenvalue weighted by molar-refractivity contribution is 6.31. The summed E-state index contributed by atoms with van der Waals surface area (Å²) in [6, 6.07) is 20.3. The van der Waals surface area contributed by atoms with E-state index in [9.17, 15) is 4.79 Å². The summed E-state index contributed by atoms with van der Waals surface area (Å²) in [7, 11) is 3.93. The van der Waals surface area contributed by atoms with Crippen molar-refractivity contribution < 1.29 is 9.53 Å². The van der Waals surface area contributed by atoms with Gasteiger partial charge in [0.2, 0.25) is 0 Å². The molecule has 0 spiro atoms. The van der Waals surface area contributed by atoms with Gasteiger partial charge in [-0.3, -0.25) is 9.69 Å². The van der Waals surface area contributed by atoms with E-state index in [1.807, 2.05) is 67.5 Å². The number of hydrogen-bond donors (Lipinski definition) is 0. The van der Waals surface area contributed by atoms with Crippen LogP contribution in [0.3, 0.4) is 0 Å². The average Bonchev–Trinajstić information content (AvgIpc) is 2.66. The molecule has 0 saturated heterocycles. The lowest BCUT2D eigenvalue weighted by atomic mass is 10.1. The van der Waals surface area contributed by atoms with E-state index in [-0.39, 0.29) is 5.91 Å².